The Balaban J connectivity index is 2.03. The van der Waals surface area contributed by atoms with Crippen molar-refractivity contribution in [3.63, 3.8) is 0 Å². The minimum Gasteiger partial charge on any atom is -0.451 e. The molecule has 0 spiro atoms. The summed E-state index contributed by atoms with van der Waals surface area (Å²) < 4.78 is 7.28. The first-order chi connectivity index (χ1) is 14.7. The molecule has 0 aliphatic heterocycles. The molecule has 2 aromatic rings. The first kappa shape index (κ1) is 23.9. The second-order valence-electron chi connectivity index (χ2n) is 7.90. The Morgan fingerprint density at radius 3 is 2.52 bits per heavy atom. The minimum absolute atomic E-state index is 0.124. The van der Waals surface area contributed by atoms with E-state index in [0.29, 0.717) is 6.54 Å². The highest BCUT2D eigenvalue weighted by Crippen LogP contribution is 2.19. The third-order valence-electron chi connectivity index (χ3n) is 5.36. The van der Waals surface area contributed by atoms with Crippen molar-refractivity contribution in [1.82, 2.24) is 9.47 Å². The number of ether oxygens (including phenoxy) is 1. The first-order valence-electron chi connectivity index (χ1n) is 10.4. The summed E-state index contributed by atoms with van der Waals surface area (Å²) in [5.41, 5.74) is 6.04. The molecule has 6 heteroatoms. The molecule has 0 N–H and O–H groups in total. The van der Waals surface area contributed by atoms with Crippen LogP contribution in [0.3, 0.4) is 0 Å². The molecule has 0 radical (unpaired) electrons. The lowest BCUT2D eigenvalue weighted by atomic mass is 10.1. The molecular weight excluding hydrogens is 390 g/mol. The summed E-state index contributed by atoms with van der Waals surface area (Å²) in [5.74, 6) is -1.12. The second kappa shape index (κ2) is 10.6. The molecule has 1 amide bonds. The summed E-state index contributed by atoms with van der Waals surface area (Å²) >= 11 is 0. The monoisotopic (exact) mass is 421 g/mol. The van der Waals surface area contributed by atoms with Gasteiger partial charge in [-0.1, -0.05) is 30.7 Å². The van der Waals surface area contributed by atoms with E-state index in [1.807, 2.05) is 52.0 Å². The van der Waals surface area contributed by atoms with Crippen LogP contribution in [-0.2, 0) is 27.4 Å². The zero-order valence-electron chi connectivity index (χ0n) is 19.3. The number of aromatic nitrogens is 1. The average Bonchev–Trinajstić information content (AvgIpc) is 2.99. The van der Waals surface area contributed by atoms with Gasteiger partial charge in [0.1, 0.15) is 11.6 Å². The van der Waals surface area contributed by atoms with E-state index in [2.05, 4.69) is 17.6 Å². The molecule has 0 saturated heterocycles. The van der Waals surface area contributed by atoms with Gasteiger partial charge in [0.2, 0.25) is 0 Å². The zero-order valence-corrected chi connectivity index (χ0v) is 19.3. The molecule has 6 nitrogen and oxygen atoms in total. The summed E-state index contributed by atoms with van der Waals surface area (Å²) in [7, 11) is 1.67. The summed E-state index contributed by atoms with van der Waals surface area (Å²) in [4.78, 5) is 26.3. The number of aryl methyl sites for hydroxylation is 3. The van der Waals surface area contributed by atoms with Crippen molar-refractivity contribution in [3.8, 4) is 6.07 Å². The van der Waals surface area contributed by atoms with Crippen molar-refractivity contribution in [2.45, 2.75) is 54.1 Å². The maximum absolute atomic E-state index is 12.4. The Bertz CT molecular complexity index is 1040. The van der Waals surface area contributed by atoms with Crippen LogP contribution in [0.4, 0.5) is 0 Å². The van der Waals surface area contributed by atoms with Crippen molar-refractivity contribution < 1.29 is 14.3 Å². The van der Waals surface area contributed by atoms with Gasteiger partial charge in [0, 0.05) is 31.5 Å². The van der Waals surface area contributed by atoms with Gasteiger partial charge < -0.3 is 14.2 Å². The minimum atomic E-state index is -0.795. The Morgan fingerprint density at radius 2 is 1.90 bits per heavy atom. The fourth-order valence-electron chi connectivity index (χ4n) is 3.52. The zero-order chi connectivity index (χ0) is 23.1. The highest BCUT2D eigenvalue weighted by Gasteiger charge is 2.17. The fourth-order valence-corrected chi connectivity index (χ4v) is 3.52. The van der Waals surface area contributed by atoms with Gasteiger partial charge in [0.05, 0.1) is 0 Å². The molecule has 0 unspecified atom stereocenters. The molecule has 0 aliphatic rings. The normalized spacial score (nSPS) is 11.2. The van der Waals surface area contributed by atoms with Gasteiger partial charge in [-0.2, -0.15) is 5.26 Å². The van der Waals surface area contributed by atoms with Gasteiger partial charge in [0.25, 0.3) is 5.91 Å². The van der Waals surface area contributed by atoms with E-state index in [1.54, 1.807) is 7.05 Å². The Kier molecular flexibility index (Phi) is 8.21. The van der Waals surface area contributed by atoms with Crippen LogP contribution in [0.15, 0.2) is 29.8 Å². The highest BCUT2D eigenvalue weighted by molar-refractivity contribution is 5.99. The molecule has 0 bridgehead atoms. The van der Waals surface area contributed by atoms with Crippen molar-refractivity contribution in [1.29, 1.82) is 5.26 Å². The predicted molar refractivity (Wildman–Crippen MR) is 121 cm³/mol. The molecular formula is C25H31N3O3. The lowest BCUT2D eigenvalue weighted by molar-refractivity contribution is -0.148. The number of carbonyl (C=O) groups is 2. The third-order valence-corrected chi connectivity index (χ3v) is 5.36. The molecule has 0 saturated carbocycles. The summed E-state index contributed by atoms with van der Waals surface area (Å²) in [6, 6.07) is 9.90. The number of nitriles is 1. The average molecular weight is 422 g/mol. The molecule has 2 rings (SSSR count). The first-order valence-corrected chi connectivity index (χ1v) is 10.4. The van der Waals surface area contributed by atoms with Crippen LogP contribution in [0, 0.1) is 39.0 Å². The molecule has 1 aromatic carbocycles. The van der Waals surface area contributed by atoms with Crippen molar-refractivity contribution >= 4 is 18.0 Å². The number of esters is 1. The smallest absolute Gasteiger partial charge is 0.349 e. The number of likely N-dealkylation sites (N-methyl/N-ethyl adjacent to an activating group) is 1. The molecule has 0 fully saturated rings. The maximum atomic E-state index is 12.4. The molecule has 0 atom stereocenters. The number of amides is 1. The van der Waals surface area contributed by atoms with E-state index >= 15 is 0 Å². The Hall–Kier alpha value is -3.33. The molecule has 164 valence electrons. The number of carbonyl (C=O) groups excluding carboxylic acids is 2. The van der Waals surface area contributed by atoms with E-state index in [-0.39, 0.29) is 11.5 Å². The second-order valence-corrected chi connectivity index (χ2v) is 7.90. The van der Waals surface area contributed by atoms with Gasteiger partial charge in [-0.05, 0) is 62.9 Å². The topological polar surface area (TPSA) is 75.3 Å². The van der Waals surface area contributed by atoms with Gasteiger partial charge in [-0.15, -0.1) is 0 Å². The van der Waals surface area contributed by atoms with Crippen LogP contribution in [0.25, 0.3) is 6.08 Å². The molecule has 31 heavy (non-hydrogen) atoms. The summed E-state index contributed by atoms with van der Waals surface area (Å²) in [6.07, 6.45) is 2.52. The van der Waals surface area contributed by atoms with Crippen LogP contribution >= 0.6 is 0 Å². The standard InChI is InChI=1S/C25H31N3O3/c1-7-10-28-19(4)12-22(20(28)5)13-23(14-26)25(30)31-16-24(29)27(6)15-21-9-8-17(2)11-18(21)3/h8-9,11-13H,7,10,15-16H2,1-6H3/b23-13+. The van der Waals surface area contributed by atoms with Gasteiger partial charge in [-0.25, -0.2) is 4.79 Å². The number of hydrogen-bond acceptors (Lipinski definition) is 4. The molecule has 1 heterocycles. The van der Waals surface area contributed by atoms with E-state index in [1.165, 1.54) is 11.0 Å². The number of nitrogens with zero attached hydrogens (tertiary/aromatic N) is 3. The van der Waals surface area contributed by atoms with E-state index in [9.17, 15) is 14.9 Å². The van der Waals surface area contributed by atoms with Gasteiger partial charge >= 0.3 is 5.97 Å². The van der Waals surface area contributed by atoms with Crippen LogP contribution in [-0.4, -0.2) is 35.0 Å². The number of hydrogen-bond donors (Lipinski definition) is 0. The molecule has 0 aliphatic carbocycles. The van der Waals surface area contributed by atoms with Crippen molar-refractivity contribution in [2.24, 2.45) is 0 Å². The van der Waals surface area contributed by atoms with E-state index in [4.69, 9.17) is 4.74 Å². The summed E-state index contributed by atoms with van der Waals surface area (Å²) in [6.45, 7) is 11.0. The number of benzene rings is 1. The lowest BCUT2D eigenvalue weighted by Gasteiger charge is -2.18. The van der Waals surface area contributed by atoms with E-state index < -0.39 is 12.6 Å². The lowest BCUT2D eigenvalue weighted by Crippen LogP contribution is -2.31. The molecule has 1 aromatic heterocycles. The number of rotatable bonds is 8. The SMILES string of the molecule is CCCn1c(C)cc(/C=C(\C#N)C(=O)OCC(=O)N(C)Cc2ccc(C)cc2C)c1C. The van der Waals surface area contributed by atoms with Crippen molar-refractivity contribution in [2.75, 3.05) is 13.7 Å². The Morgan fingerprint density at radius 1 is 1.19 bits per heavy atom. The van der Waals surface area contributed by atoms with Crippen LogP contribution in [0.2, 0.25) is 0 Å². The van der Waals surface area contributed by atoms with Crippen LogP contribution < -0.4 is 0 Å². The fraction of sp³-hybridized carbons (Fsp3) is 0.400. The van der Waals surface area contributed by atoms with Crippen LogP contribution in [0.1, 0.15) is 47.0 Å². The summed E-state index contributed by atoms with van der Waals surface area (Å²) in [5, 5.41) is 9.43. The highest BCUT2D eigenvalue weighted by atomic mass is 16.5. The van der Waals surface area contributed by atoms with Gasteiger partial charge in [0.15, 0.2) is 6.61 Å². The third kappa shape index (κ3) is 6.08. The largest absolute Gasteiger partial charge is 0.451 e. The van der Waals surface area contributed by atoms with Crippen LogP contribution in [0.5, 0.6) is 0 Å². The Labute approximate surface area is 184 Å². The quantitative estimate of drug-likeness (QED) is 0.363. The van der Waals surface area contributed by atoms with E-state index in [0.717, 1.165) is 46.6 Å². The van der Waals surface area contributed by atoms with Gasteiger partial charge in [-0.3, -0.25) is 4.79 Å². The predicted octanol–water partition coefficient (Wildman–Crippen LogP) is 4.24. The maximum Gasteiger partial charge on any atom is 0.349 e. The van der Waals surface area contributed by atoms with Crippen molar-refractivity contribution in [3.05, 3.63) is 63.5 Å².